The summed E-state index contributed by atoms with van der Waals surface area (Å²) >= 11 is 0. The van der Waals surface area contributed by atoms with Gasteiger partial charge in [0.2, 0.25) is 5.91 Å². The molecule has 1 fully saturated rings. The molecule has 0 spiro atoms. The number of morpholine rings is 1. The highest BCUT2D eigenvalue weighted by atomic mass is 35.5. The molecule has 4 nitrogen and oxygen atoms in total. The smallest absolute Gasteiger partial charge is 0.250 e. The van der Waals surface area contributed by atoms with Crippen molar-refractivity contribution in [3.63, 3.8) is 0 Å². The Bertz CT molecular complexity index is 787. The van der Waals surface area contributed by atoms with E-state index in [1.54, 1.807) is 0 Å². The van der Waals surface area contributed by atoms with E-state index < -0.39 is 0 Å². The summed E-state index contributed by atoms with van der Waals surface area (Å²) in [5, 5.41) is 6.39. The maximum absolute atomic E-state index is 12.5. The molecule has 0 saturated carbocycles. The molecular weight excluding hydrogens is 360 g/mol. The molecule has 1 saturated heterocycles. The number of carbonyl (C=O) groups is 1. The van der Waals surface area contributed by atoms with Crippen molar-refractivity contribution in [3.8, 4) is 0 Å². The topological polar surface area (TPSA) is 50.4 Å². The third-order valence-corrected chi connectivity index (χ3v) is 6.18. The molecule has 2 bridgehead atoms. The second-order valence-electron chi connectivity index (χ2n) is 7.59. The molecule has 0 aromatic heterocycles. The fourth-order valence-electron chi connectivity index (χ4n) is 5.04. The van der Waals surface area contributed by atoms with Crippen molar-refractivity contribution in [1.29, 1.82) is 0 Å². The van der Waals surface area contributed by atoms with Crippen LogP contribution >= 0.6 is 12.4 Å². The van der Waals surface area contributed by atoms with Gasteiger partial charge in [0.1, 0.15) is 6.10 Å². The van der Waals surface area contributed by atoms with Crippen LogP contribution in [0.1, 0.15) is 40.5 Å². The number of benzene rings is 2. The van der Waals surface area contributed by atoms with Crippen LogP contribution in [0.15, 0.2) is 48.5 Å². The van der Waals surface area contributed by atoms with Crippen LogP contribution in [-0.2, 0) is 9.53 Å². The molecule has 27 heavy (non-hydrogen) atoms. The molecule has 6 rings (SSSR count). The summed E-state index contributed by atoms with van der Waals surface area (Å²) in [4.78, 5) is 12.5. The van der Waals surface area contributed by atoms with Crippen molar-refractivity contribution in [1.82, 2.24) is 10.6 Å². The number of carbonyl (C=O) groups excluding carboxylic acids is 1. The van der Waals surface area contributed by atoms with Crippen LogP contribution in [-0.4, -0.2) is 38.3 Å². The monoisotopic (exact) mass is 384 g/mol. The predicted molar refractivity (Wildman–Crippen MR) is 108 cm³/mol. The SMILES string of the molecule is Cl.O=C(NCC1CC2c3ccccc3C1c1ccccc12)C1CNCCO1. The number of ether oxygens (including phenoxy) is 1. The number of hydrogen-bond acceptors (Lipinski definition) is 3. The van der Waals surface area contributed by atoms with Gasteiger partial charge in [-0.05, 0) is 34.6 Å². The molecule has 1 heterocycles. The van der Waals surface area contributed by atoms with Crippen molar-refractivity contribution < 1.29 is 9.53 Å². The standard InChI is InChI=1S/C22H24N2O2.ClH/c25-22(20-13-23-9-10-26-20)24-12-14-11-19-15-5-1-3-7-17(15)21(14)18-8-4-2-6-16(18)19;/h1-8,14,19-21,23H,9-13H2,(H,24,25);1H. The zero-order chi connectivity index (χ0) is 17.5. The fraction of sp³-hybridized carbons (Fsp3) is 0.409. The van der Waals surface area contributed by atoms with Gasteiger partial charge < -0.3 is 15.4 Å². The van der Waals surface area contributed by atoms with E-state index in [0.29, 0.717) is 37.5 Å². The van der Waals surface area contributed by atoms with Crippen molar-refractivity contribution >= 4 is 18.3 Å². The van der Waals surface area contributed by atoms with Gasteiger partial charge in [0.15, 0.2) is 0 Å². The molecule has 2 aromatic carbocycles. The van der Waals surface area contributed by atoms with E-state index in [4.69, 9.17) is 4.74 Å². The van der Waals surface area contributed by atoms with Gasteiger partial charge in [0.05, 0.1) is 6.61 Å². The Morgan fingerprint density at radius 1 is 1.04 bits per heavy atom. The van der Waals surface area contributed by atoms with Gasteiger partial charge in [0.25, 0.3) is 0 Å². The fourth-order valence-corrected chi connectivity index (χ4v) is 5.04. The number of amides is 1. The van der Waals surface area contributed by atoms with E-state index in [1.165, 1.54) is 22.3 Å². The van der Waals surface area contributed by atoms with Gasteiger partial charge in [-0.3, -0.25) is 4.79 Å². The largest absolute Gasteiger partial charge is 0.366 e. The van der Waals surface area contributed by atoms with Crippen LogP contribution in [0, 0.1) is 5.92 Å². The molecule has 0 radical (unpaired) electrons. The summed E-state index contributed by atoms with van der Waals surface area (Å²) in [5.74, 6) is 1.27. The first kappa shape index (κ1) is 18.5. The summed E-state index contributed by atoms with van der Waals surface area (Å²) in [5.41, 5.74) is 5.83. The van der Waals surface area contributed by atoms with Crippen molar-refractivity contribution in [3.05, 3.63) is 70.8 Å². The first-order chi connectivity index (χ1) is 12.8. The normalized spacial score (nSPS) is 27.9. The van der Waals surface area contributed by atoms with Gasteiger partial charge in [-0.2, -0.15) is 0 Å². The summed E-state index contributed by atoms with van der Waals surface area (Å²) < 4.78 is 5.58. The summed E-state index contributed by atoms with van der Waals surface area (Å²) in [7, 11) is 0. The van der Waals surface area contributed by atoms with E-state index in [9.17, 15) is 4.79 Å². The summed E-state index contributed by atoms with van der Waals surface area (Å²) in [6.07, 6.45) is 0.743. The summed E-state index contributed by atoms with van der Waals surface area (Å²) in [6, 6.07) is 17.7. The highest BCUT2D eigenvalue weighted by molar-refractivity contribution is 5.85. The predicted octanol–water partition coefficient (Wildman–Crippen LogP) is 2.81. The maximum Gasteiger partial charge on any atom is 0.250 e. The third-order valence-electron chi connectivity index (χ3n) is 6.18. The Morgan fingerprint density at radius 2 is 1.67 bits per heavy atom. The van der Waals surface area contributed by atoms with E-state index in [2.05, 4.69) is 59.2 Å². The van der Waals surface area contributed by atoms with Crippen LogP contribution in [0.2, 0.25) is 0 Å². The van der Waals surface area contributed by atoms with Gasteiger partial charge in [-0.1, -0.05) is 48.5 Å². The van der Waals surface area contributed by atoms with E-state index in [0.717, 1.165) is 13.0 Å². The number of nitrogens with one attached hydrogen (secondary N) is 2. The Labute approximate surface area is 166 Å². The molecule has 2 atom stereocenters. The lowest BCUT2D eigenvalue weighted by Crippen LogP contribution is -2.49. The Kier molecular flexibility index (Phi) is 5.22. The Hall–Kier alpha value is -1.88. The lowest BCUT2D eigenvalue weighted by molar-refractivity contribution is -0.134. The molecule has 3 aliphatic carbocycles. The molecule has 4 aliphatic rings. The average Bonchev–Trinajstić information content (AvgIpc) is 2.73. The molecule has 2 N–H and O–H groups in total. The second kappa shape index (κ2) is 7.63. The van der Waals surface area contributed by atoms with E-state index >= 15 is 0 Å². The molecule has 142 valence electrons. The van der Waals surface area contributed by atoms with Gasteiger partial charge in [-0.15, -0.1) is 12.4 Å². The van der Waals surface area contributed by atoms with Crippen molar-refractivity contribution in [2.75, 3.05) is 26.2 Å². The highest BCUT2D eigenvalue weighted by Gasteiger charge is 2.43. The van der Waals surface area contributed by atoms with Crippen LogP contribution < -0.4 is 10.6 Å². The summed E-state index contributed by atoms with van der Waals surface area (Å²) in [6.45, 7) is 2.74. The van der Waals surface area contributed by atoms with Crippen LogP contribution in [0.4, 0.5) is 0 Å². The number of halogens is 1. The molecular formula is C22H25ClN2O2. The van der Waals surface area contributed by atoms with E-state index in [1.807, 2.05) is 0 Å². The van der Waals surface area contributed by atoms with Gasteiger partial charge in [-0.25, -0.2) is 0 Å². The maximum atomic E-state index is 12.5. The van der Waals surface area contributed by atoms with Gasteiger partial charge in [0, 0.05) is 31.5 Å². The number of hydrogen-bond donors (Lipinski definition) is 2. The lowest BCUT2D eigenvalue weighted by atomic mass is 9.59. The average molecular weight is 385 g/mol. The highest BCUT2D eigenvalue weighted by Crippen LogP contribution is 2.55. The minimum absolute atomic E-state index is 0. The van der Waals surface area contributed by atoms with Crippen LogP contribution in [0.3, 0.4) is 0 Å². The molecule has 5 heteroatoms. The Balaban J connectivity index is 0.00000180. The second-order valence-corrected chi connectivity index (χ2v) is 7.59. The zero-order valence-electron chi connectivity index (χ0n) is 15.2. The Morgan fingerprint density at radius 3 is 2.26 bits per heavy atom. The van der Waals surface area contributed by atoms with E-state index in [-0.39, 0.29) is 24.4 Å². The quantitative estimate of drug-likeness (QED) is 0.855. The van der Waals surface area contributed by atoms with Crippen molar-refractivity contribution in [2.24, 2.45) is 5.92 Å². The molecule has 1 amide bonds. The third kappa shape index (κ3) is 3.16. The zero-order valence-corrected chi connectivity index (χ0v) is 16.0. The van der Waals surface area contributed by atoms with Crippen LogP contribution in [0.5, 0.6) is 0 Å². The first-order valence-corrected chi connectivity index (χ1v) is 9.60. The lowest BCUT2D eigenvalue weighted by Gasteiger charge is -2.45. The molecule has 2 aromatic rings. The number of rotatable bonds is 3. The van der Waals surface area contributed by atoms with Crippen LogP contribution in [0.25, 0.3) is 0 Å². The van der Waals surface area contributed by atoms with Crippen molar-refractivity contribution in [2.45, 2.75) is 24.4 Å². The number of fused-ring (bicyclic) bond motifs is 1. The first-order valence-electron chi connectivity index (χ1n) is 9.60. The molecule has 2 unspecified atom stereocenters. The van der Waals surface area contributed by atoms with Gasteiger partial charge >= 0.3 is 0 Å². The minimum atomic E-state index is -0.357. The minimum Gasteiger partial charge on any atom is -0.366 e. The molecule has 1 aliphatic heterocycles.